The fourth-order valence-corrected chi connectivity index (χ4v) is 17.1. The van der Waals surface area contributed by atoms with E-state index in [0.29, 0.717) is 0 Å². The van der Waals surface area contributed by atoms with Gasteiger partial charge in [0, 0.05) is 28.4 Å². The van der Waals surface area contributed by atoms with Gasteiger partial charge in [-0.25, -0.2) is 0 Å². The monoisotopic (exact) mass is 963 g/mol. The van der Waals surface area contributed by atoms with Gasteiger partial charge >= 0.3 is 0 Å². The van der Waals surface area contributed by atoms with E-state index in [4.69, 9.17) is 0 Å². The van der Waals surface area contributed by atoms with Crippen LogP contribution in [0.5, 0.6) is 0 Å². The average molecular weight is 964 g/mol. The summed E-state index contributed by atoms with van der Waals surface area (Å²) < 4.78 is 0. The first-order chi connectivity index (χ1) is 37.5. The van der Waals surface area contributed by atoms with Gasteiger partial charge in [-0.15, -0.1) is 0 Å². The van der Waals surface area contributed by atoms with Gasteiger partial charge in [0.25, 0.3) is 0 Å². The van der Waals surface area contributed by atoms with Crippen molar-refractivity contribution in [2.75, 3.05) is 4.90 Å². The zero-order valence-corrected chi connectivity index (χ0v) is 42.3. The second kappa shape index (κ2) is 14.0. The molecule has 6 aliphatic carbocycles. The van der Waals surface area contributed by atoms with E-state index in [2.05, 4.69) is 274 Å². The fourth-order valence-electron chi connectivity index (χ4n) is 17.1. The van der Waals surface area contributed by atoms with E-state index in [-0.39, 0.29) is 27.6 Å². The number of nitrogens with zero attached hydrogens (tertiary/aromatic N) is 1. The van der Waals surface area contributed by atoms with Crippen LogP contribution in [-0.4, -0.2) is 0 Å². The van der Waals surface area contributed by atoms with Crippen LogP contribution in [0.4, 0.5) is 17.1 Å². The SMILES string of the molecule is CC1(C)c2ccccc2-c2ccc(N(c3ccc(-c4ccc5c(c4)-c4ccccc4C5c4ccccc4)cc3)c3cc4c5c(cccc5c3)C35c6cccc7cccc(c67)C36c3ccccc3-c3ccccc3C465)cc21. The summed E-state index contributed by atoms with van der Waals surface area (Å²) in [5, 5.41) is 5.47. The van der Waals surface area contributed by atoms with E-state index in [0.717, 1.165) is 11.4 Å². The van der Waals surface area contributed by atoms with Crippen LogP contribution in [0.15, 0.2) is 255 Å². The first kappa shape index (κ1) is 41.3. The zero-order chi connectivity index (χ0) is 49.9. The number of benzene rings is 12. The van der Waals surface area contributed by atoms with Crippen LogP contribution < -0.4 is 4.90 Å². The molecule has 4 unspecified atom stereocenters. The van der Waals surface area contributed by atoms with Gasteiger partial charge in [-0.3, -0.25) is 0 Å². The quantitative estimate of drug-likeness (QED) is 0.166. The Morgan fingerprint density at radius 2 is 0.776 bits per heavy atom. The lowest BCUT2D eigenvalue weighted by Gasteiger charge is -2.37. The first-order valence-electron chi connectivity index (χ1n) is 27.2. The summed E-state index contributed by atoms with van der Waals surface area (Å²) in [5.74, 6) is 0.223. The molecule has 0 radical (unpaired) electrons. The maximum Gasteiger partial charge on any atom is 0.0515 e. The Balaban J connectivity index is 0.863. The molecule has 0 saturated heterocycles. The first-order valence-corrected chi connectivity index (χ1v) is 27.2. The number of anilines is 3. The molecule has 18 rings (SSSR count). The molecule has 4 atom stereocenters. The summed E-state index contributed by atoms with van der Waals surface area (Å²) in [4.78, 5) is 2.57. The van der Waals surface area contributed by atoms with Crippen molar-refractivity contribution in [1.29, 1.82) is 0 Å². The molecule has 76 heavy (non-hydrogen) atoms. The molecular weight excluding hydrogens is 915 g/mol. The summed E-state index contributed by atoms with van der Waals surface area (Å²) >= 11 is 0. The highest BCUT2D eigenvalue weighted by molar-refractivity contribution is 6.14. The maximum absolute atomic E-state index is 2.64. The lowest BCUT2D eigenvalue weighted by molar-refractivity contribution is 0.660. The number of rotatable bonds is 5. The second-order valence-corrected chi connectivity index (χ2v) is 23.0. The van der Waals surface area contributed by atoms with Crippen molar-refractivity contribution in [3.63, 3.8) is 0 Å². The van der Waals surface area contributed by atoms with E-state index < -0.39 is 0 Å². The fraction of sp³-hybridized carbons (Fsp3) is 0.0933. The Labute approximate surface area is 443 Å². The predicted octanol–water partition coefficient (Wildman–Crippen LogP) is 18.5. The summed E-state index contributed by atoms with van der Waals surface area (Å²) in [7, 11) is 0. The average Bonchev–Trinajstić information content (AvgIpc) is 1.47. The van der Waals surface area contributed by atoms with Crippen LogP contribution in [0, 0.1) is 0 Å². The standard InChI is InChI=1S/C75H49N/c1-72(2)61-27-11-8-23-54(61)57-40-38-51(43-67(57)72)76(50-36-33-45(34-37-50)48-35-39-59-60(42-48)53-22-6-7-26-58(53)69(59)46-17-4-3-5-18-46)52-41-49-21-16-32-66-71(49)68(44-52)74-63-29-13-10-25-56(63)55-24-9-12-28-62(55)73(74)64-30-14-19-47-20-15-31-65(70(47)64)75(66,73)74/h3-44,69H,1-2H3. The van der Waals surface area contributed by atoms with Crippen molar-refractivity contribution in [3.05, 3.63) is 316 Å². The Bertz CT molecular complexity index is 4570. The maximum atomic E-state index is 2.64. The van der Waals surface area contributed by atoms with Crippen LogP contribution >= 0.6 is 0 Å². The topological polar surface area (TPSA) is 3.24 Å². The van der Waals surface area contributed by atoms with Crippen LogP contribution in [0.2, 0.25) is 0 Å². The zero-order valence-electron chi connectivity index (χ0n) is 42.3. The summed E-state index contributed by atoms with van der Waals surface area (Å²) in [6.45, 7) is 4.80. The molecule has 12 aromatic rings. The summed E-state index contributed by atoms with van der Waals surface area (Å²) in [6.07, 6.45) is 0. The van der Waals surface area contributed by atoms with Crippen LogP contribution in [-0.2, 0) is 21.7 Å². The number of fused-ring (bicyclic) bond motifs is 9. The van der Waals surface area contributed by atoms with Crippen molar-refractivity contribution in [2.45, 2.75) is 41.4 Å². The molecule has 3 spiro atoms. The van der Waals surface area contributed by atoms with Gasteiger partial charge in [0.1, 0.15) is 0 Å². The van der Waals surface area contributed by atoms with Gasteiger partial charge in [-0.1, -0.05) is 226 Å². The van der Waals surface area contributed by atoms with Gasteiger partial charge in [0.2, 0.25) is 0 Å². The van der Waals surface area contributed by atoms with Crippen molar-refractivity contribution in [3.8, 4) is 44.5 Å². The second-order valence-electron chi connectivity index (χ2n) is 23.0. The normalized spacial score (nSPS) is 21.2. The summed E-state index contributed by atoms with van der Waals surface area (Å²) in [6, 6.07) is 98.3. The lowest BCUT2D eigenvalue weighted by Crippen LogP contribution is -2.30. The van der Waals surface area contributed by atoms with E-state index in [1.165, 1.54) is 133 Å². The molecule has 354 valence electrons. The lowest BCUT2D eigenvalue weighted by atomic mass is 9.65. The molecule has 0 aliphatic heterocycles. The highest BCUT2D eigenvalue weighted by atomic mass is 15.1. The number of hydrogen-bond donors (Lipinski definition) is 0. The molecule has 12 aromatic carbocycles. The molecular formula is C75H49N. The molecule has 0 heterocycles. The van der Waals surface area contributed by atoms with Crippen molar-refractivity contribution >= 4 is 38.6 Å². The van der Waals surface area contributed by atoms with Gasteiger partial charge < -0.3 is 4.90 Å². The minimum atomic E-state index is -0.381. The van der Waals surface area contributed by atoms with Gasteiger partial charge in [-0.2, -0.15) is 0 Å². The van der Waals surface area contributed by atoms with Crippen molar-refractivity contribution in [1.82, 2.24) is 0 Å². The molecule has 0 aromatic heterocycles. The van der Waals surface area contributed by atoms with E-state index in [9.17, 15) is 0 Å². The largest absolute Gasteiger partial charge is 0.310 e. The van der Waals surface area contributed by atoms with Gasteiger partial charge in [0.15, 0.2) is 0 Å². The predicted molar refractivity (Wildman–Crippen MR) is 313 cm³/mol. The third-order valence-corrected chi connectivity index (χ3v) is 19.7. The van der Waals surface area contributed by atoms with Crippen LogP contribution in [0.1, 0.15) is 81.0 Å². The molecule has 0 N–H and O–H groups in total. The molecule has 1 nitrogen and oxygen atoms in total. The van der Waals surface area contributed by atoms with Crippen molar-refractivity contribution in [2.24, 2.45) is 0 Å². The third kappa shape index (κ3) is 4.54. The molecule has 6 aliphatic rings. The molecule has 0 amide bonds. The minimum absolute atomic E-state index is 0.160. The van der Waals surface area contributed by atoms with Gasteiger partial charge in [0.05, 0.1) is 16.2 Å². The highest BCUT2D eigenvalue weighted by Crippen LogP contribution is 2.94. The van der Waals surface area contributed by atoms with E-state index in [1.807, 2.05) is 0 Å². The minimum Gasteiger partial charge on any atom is -0.310 e. The molecule has 1 fully saturated rings. The molecule has 1 saturated carbocycles. The molecule has 0 bridgehead atoms. The number of hydrogen-bond acceptors (Lipinski definition) is 1. The molecule has 1 heteroatoms. The Morgan fingerprint density at radius 1 is 0.289 bits per heavy atom. The Morgan fingerprint density at radius 3 is 1.47 bits per heavy atom. The smallest absolute Gasteiger partial charge is 0.0515 e. The van der Waals surface area contributed by atoms with E-state index in [1.54, 1.807) is 0 Å². The van der Waals surface area contributed by atoms with Crippen LogP contribution in [0.3, 0.4) is 0 Å². The highest BCUT2D eigenvalue weighted by Gasteiger charge is 2.95. The third-order valence-electron chi connectivity index (χ3n) is 19.7. The van der Waals surface area contributed by atoms with Crippen molar-refractivity contribution < 1.29 is 0 Å². The summed E-state index contributed by atoms with van der Waals surface area (Å²) in [5.41, 5.74) is 28.3. The van der Waals surface area contributed by atoms with Gasteiger partial charge in [-0.05, 0) is 170 Å². The van der Waals surface area contributed by atoms with Crippen LogP contribution in [0.25, 0.3) is 66.1 Å². The Hall–Kier alpha value is -9.04. The van der Waals surface area contributed by atoms with E-state index >= 15 is 0 Å². The Kier molecular flexibility index (Phi) is 7.62.